The van der Waals surface area contributed by atoms with Gasteiger partial charge in [0.2, 0.25) is 0 Å². The maximum Gasteiger partial charge on any atom is 0.321 e. The summed E-state index contributed by atoms with van der Waals surface area (Å²) in [4.78, 5) is 17.4. The molecule has 0 spiro atoms. The van der Waals surface area contributed by atoms with E-state index in [1.807, 2.05) is 6.92 Å². The van der Waals surface area contributed by atoms with Gasteiger partial charge in [-0.05, 0) is 39.0 Å². The minimum absolute atomic E-state index is 0.0374. The summed E-state index contributed by atoms with van der Waals surface area (Å²) in [5, 5.41) is 15.0. The van der Waals surface area contributed by atoms with Gasteiger partial charge in [0.05, 0.1) is 5.69 Å². The minimum atomic E-state index is -0.248. The molecule has 1 atom stereocenters. The second-order valence-corrected chi connectivity index (χ2v) is 5.69. The van der Waals surface area contributed by atoms with Crippen LogP contribution in [0.1, 0.15) is 36.8 Å². The summed E-state index contributed by atoms with van der Waals surface area (Å²) < 4.78 is 0. The molecule has 0 aliphatic heterocycles. The Bertz CT molecular complexity index is 396. The third kappa shape index (κ3) is 3.43. The van der Waals surface area contributed by atoms with Crippen molar-refractivity contribution in [2.24, 2.45) is 0 Å². The van der Waals surface area contributed by atoms with Crippen molar-refractivity contribution in [3.8, 4) is 0 Å². The molecule has 1 heterocycles. The summed E-state index contributed by atoms with van der Waals surface area (Å²) >= 11 is 1.57. The highest BCUT2D eigenvalue weighted by Crippen LogP contribution is 2.29. The lowest BCUT2D eigenvalue weighted by molar-refractivity contribution is 0.241. The molecule has 0 aromatic carbocycles. The van der Waals surface area contributed by atoms with E-state index in [2.05, 4.69) is 15.6 Å². The van der Waals surface area contributed by atoms with Crippen LogP contribution >= 0.6 is 11.3 Å². The van der Waals surface area contributed by atoms with E-state index in [-0.39, 0.29) is 18.7 Å². The Kier molecular flexibility index (Phi) is 4.54. The van der Waals surface area contributed by atoms with Crippen molar-refractivity contribution in [1.82, 2.24) is 10.3 Å². The molecule has 0 fully saturated rings. The topological polar surface area (TPSA) is 74.2 Å². The normalized spacial score (nSPS) is 15.9. The van der Waals surface area contributed by atoms with Gasteiger partial charge in [-0.2, -0.15) is 0 Å². The zero-order chi connectivity index (χ0) is 13.0. The van der Waals surface area contributed by atoms with Crippen LogP contribution in [0.25, 0.3) is 0 Å². The molecule has 6 heteroatoms. The van der Waals surface area contributed by atoms with Gasteiger partial charge in [-0.1, -0.05) is 0 Å². The number of hydrogen-bond donors (Lipinski definition) is 3. The number of nitrogens with one attached hydrogen (secondary N) is 2. The van der Waals surface area contributed by atoms with E-state index in [0.717, 1.165) is 18.5 Å². The van der Waals surface area contributed by atoms with Crippen LogP contribution in [0.15, 0.2) is 0 Å². The van der Waals surface area contributed by atoms with E-state index in [1.165, 1.54) is 17.7 Å². The van der Waals surface area contributed by atoms with Gasteiger partial charge in [0.25, 0.3) is 0 Å². The standard InChI is InChI=1S/C12H19N3O2S/c1-8(6-7-16)13-11(17)15-12-14-9-4-2-3-5-10(9)18-12/h8,16H,2-7H2,1H3,(H2,13,14,15,17). The predicted molar refractivity (Wildman–Crippen MR) is 72.1 cm³/mol. The molecule has 1 aromatic heterocycles. The van der Waals surface area contributed by atoms with Crippen LogP contribution in [0.2, 0.25) is 0 Å². The zero-order valence-corrected chi connectivity index (χ0v) is 11.3. The number of urea groups is 1. The van der Waals surface area contributed by atoms with E-state index in [4.69, 9.17) is 5.11 Å². The maximum absolute atomic E-state index is 11.7. The van der Waals surface area contributed by atoms with Gasteiger partial charge in [0.1, 0.15) is 0 Å². The number of aliphatic hydroxyl groups excluding tert-OH is 1. The monoisotopic (exact) mass is 269 g/mol. The minimum Gasteiger partial charge on any atom is -0.396 e. The van der Waals surface area contributed by atoms with Crippen molar-refractivity contribution in [3.05, 3.63) is 10.6 Å². The average molecular weight is 269 g/mol. The highest BCUT2D eigenvalue weighted by Gasteiger charge is 2.16. The second-order valence-electron chi connectivity index (χ2n) is 4.61. The summed E-state index contributed by atoms with van der Waals surface area (Å²) in [5.41, 5.74) is 1.14. The number of hydrogen-bond acceptors (Lipinski definition) is 4. The van der Waals surface area contributed by atoms with Crippen LogP contribution in [0.5, 0.6) is 0 Å². The average Bonchev–Trinajstić information content (AvgIpc) is 2.70. The SMILES string of the molecule is CC(CCO)NC(=O)Nc1nc2c(s1)CCCC2. The molecule has 0 saturated heterocycles. The molecule has 0 saturated carbocycles. The Morgan fingerprint density at radius 1 is 1.50 bits per heavy atom. The highest BCUT2D eigenvalue weighted by atomic mass is 32.1. The van der Waals surface area contributed by atoms with Crippen LogP contribution in [0.3, 0.4) is 0 Å². The van der Waals surface area contributed by atoms with Gasteiger partial charge >= 0.3 is 6.03 Å². The van der Waals surface area contributed by atoms with Crippen LogP contribution in [-0.2, 0) is 12.8 Å². The summed E-state index contributed by atoms with van der Waals surface area (Å²) in [6.45, 7) is 1.94. The molecule has 18 heavy (non-hydrogen) atoms. The van der Waals surface area contributed by atoms with E-state index in [0.29, 0.717) is 11.6 Å². The van der Waals surface area contributed by atoms with Gasteiger partial charge in [-0.15, -0.1) is 11.3 Å². The first kappa shape index (κ1) is 13.3. The molecule has 2 rings (SSSR count). The Labute approximate surface area is 111 Å². The Morgan fingerprint density at radius 2 is 2.28 bits per heavy atom. The van der Waals surface area contributed by atoms with Crippen LogP contribution in [-0.4, -0.2) is 28.8 Å². The number of rotatable bonds is 4. The first-order valence-corrected chi connectivity index (χ1v) is 7.17. The molecule has 3 N–H and O–H groups in total. The zero-order valence-electron chi connectivity index (χ0n) is 10.5. The number of aromatic nitrogens is 1. The van der Waals surface area contributed by atoms with Crippen molar-refractivity contribution in [3.63, 3.8) is 0 Å². The number of aliphatic hydroxyl groups is 1. The third-order valence-corrected chi connectivity index (χ3v) is 4.08. The second kappa shape index (κ2) is 6.15. The molecular weight excluding hydrogens is 250 g/mol. The van der Waals surface area contributed by atoms with E-state index in [9.17, 15) is 4.79 Å². The van der Waals surface area contributed by atoms with Gasteiger partial charge in [-0.25, -0.2) is 9.78 Å². The number of carbonyl (C=O) groups is 1. The first-order chi connectivity index (χ1) is 8.69. The number of carbonyl (C=O) groups excluding carboxylic acids is 1. The fraction of sp³-hybridized carbons (Fsp3) is 0.667. The number of amides is 2. The van der Waals surface area contributed by atoms with Crippen molar-refractivity contribution in [2.75, 3.05) is 11.9 Å². The summed E-state index contributed by atoms with van der Waals surface area (Å²) in [7, 11) is 0. The Hall–Kier alpha value is -1.14. The molecular formula is C12H19N3O2S. The number of fused-ring (bicyclic) bond motifs is 1. The smallest absolute Gasteiger partial charge is 0.321 e. The predicted octanol–water partition coefficient (Wildman–Crippen LogP) is 1.91. The molecule has 1 aromatic rings. The number of nitrogens with zero attached hydrogens (tertiary/aromatic N) is 1. The van der Waals surface area contributed by atoms with Crippen LogP contribution in [0, 0.1) is 0 Å². The molecule has 0 radical (unpaired) electrons. The lowest BCUT2D eigenvalue weighted by Crippen LogP contribution is -2.36. The number of thiazole rings is 1. The fourth-order valence-electron chi connectivity index (χ4n) is 2.03. The third-order valence-electron chi connectivity index (χ3n) is 3.01. The van der Waals surface area contributed by atoms with Crippen molar-refractivity contribution < 1.29 is 9.90 Å². The van der Waals surface area contributed by atoms with Crippen LogP contribution in [0.4, 0.5) is 9.93 Å². The molecule has 0 bridgehead atoms. The largest absolute Gasteiger partial charge is 0.396 e. The van der Waals surface area contributed by atoms with E-state index < -0.39 is 0 Å². The summed E-state index contributed by atoms with van der Waals surface area (Å²) in [6.07, 6.45) is 5.07. The number of aryl methyl sites for hydroxylation is 2. The Balaban J connectivity index is 1.89. The highest BCUT2D eigenvalue weighted by molar-refractivity contribution is 7.15. The molecule has 5 nitrogen and oxygen atoms in total. The summed E-state index contributed by atoms with van der Waals surface area (Å²) in [6, 6.07) is -0.286. The quantitative estimate of drug-likeness (QED) is 0.781. The molecule has 1 aliphatic carbocycles. The molecule has 1 aliphatic rings. The Morgan fingerprint density at radius 3 is 3.00 bits per heavy atom. The lowest BCUT2D eigenvalue weighted by atomic mass is 10.0. The summed E-state index contributed by atoms with van der Waals surface area (Å²) in [5.74, 6) is 0. The van der Waals surface area contributed by atoms with E-state index in [1.54, 1.807) is 11.3 Å². The van der Waals surface area contributed by atoms with Gasteiger partial charge in [0.15, 0.2) is 5.13 Å². The first-order valence-electron chi connectivity index (χ1n) is 6.36. The molecule has 100 valence electrons. The fourth-order valence-corrected chi connectivity index (χ4v) is 3.07. The maximum atomic E-state index is 11.7. The van der Waals surface area contributed by atoms with Crippen LogP contribution < -0.4 is 10.6 Å². The van der Waals surface area contributed by atoms with Gasteiger partial charge in [0, 0.05) is 17.5 Å². The lowest BCUT2D eigenvalue weighted by Gasteiger charge is -2.11. The number of anilines is 1. The van der Waals surface area contributed by atoms with Gasteiger partial charge < -0.3 is 10.4 Å². The van der Waals surface area contributed by atoms with E-state index >= 15 is 0 Å². The molecule has 2 amide bonds. The van der Waals surface area contributed by atoms with Crippen molar-refractivity contribution in [2.45, 2.75) is 45.1 Å². The van der Waals surface area contributed by atoms with Gasteiger partial charge in [-0.3, -0.25) is 5.32 Å². The molecule has 1 unspecified atom stereocenters. The van der Waals surface area contributed by atoms with Crippen molar-refractivity contribution >= 4 is 22.5 Å². The van der Waals surface area contributed by atoms with Crippen molar-refractivity contribution in [1.29, 1.82) is 0 Å².